The van der Waals surface area contributed by atoms with Crippen molar-refractivity contribution < 1.29 is 14.6 Å². The molecule has 0 unspecified atom stereocenters. The number of aromatic nitrogens is 2. The third-order valence-electron chi connectivity index (χ3n) is 3.20. The number of ether oxygens (including phenoxy) is 2. The third-order valence-corrected chi connectivity index (χ3v) is 3.20. The van der Waals surface area contributed by atoms with E-state index in [1.807, 2.05) is 0 Å². The molecule has 0 amide bonds. The van der Waals surface area contributed by atoms with Crippen molar-refractivity contribution in [1.29, 1.82) is 0 Å². The predicted molar refractivity (Wildman–Crippen MR) is 72.9 cm³/mol. The topological polar surface area (TPSA) is 122 Å². The Balaban J connectivity index is 2.27. The van der Waals surface area contributed by atoms with Gasteiger partial charge in [0.1, 0.15) is 6.23 Å². The average Bonchev–Trinajstić information content (AvgIpc) is 2.81. The highest BCUT2D eigenvalue weighted by Gasteiger charge is 2.35. The highest BCUT2D eigenvalue weighted by atomic mass is 16.5. The Labute approximate surface area is 120 Å². The maximum absolute atomic E-state index is 11.6. The second kappa shape index (κ2) is 6.57. The molecule has 1 aliphatic heterocycles. The minimum absolute atomic E-state index is 0.0464. The predicted octanol–water partition coefficient (Wildman–Crippen LogP) is 0.909. The molecule has 9 heteroatoms. The molecule has 0 bridgehead atoms. The molecular weight excluding hydrogens is 278 g/mol. The molecule has 9 nitrogen and oxygen atoms in total. The SMILES string of the molecule is CCOc1nc(=O)c(C)cn1[C@@H]1C[C@H](O)[C@@H](CN=[N+]=[N-])O1. The summed E-state index contributed by atoms with van der Waals surface area (Å²) < 4.78 is 12.6. The quantitative estimate of drug-likeness (QED) is 0.491. The number of aryl methyl sites for hydroxylation is 1. The summed E-state index contributed by atoms with van der Waals surface area (Å²) in [6.07, 6.45) is 0.0330. The van der Waals surface area contributed by atoms with Gasteiger partial charge < -0.3 is 14.6 Å². The average molecular weight is 295 g/mol. The second-order valence-corrected chi connectivity index (χ2v) is 4.70. The van der Waals surface area contributed by atoms with Crippen molar-refractivity contribution in [3.05, 3.63) is 32.6 Å². The number of aliphatic hydroxyl groups is 1. The maximum Gasteiger partial charge on any atom is 0.301 e. The molecule has 0 aliphatic carbocycles. The number of hydrogen-bond acceptors (Lipinski definition) is 6. The van der Waals surface area contributed by atoms with Gasteiger partial charge in [-0.3, -0.25) is 9.36 Å². The molecule has 2 rings (SSSR count). The largest absolute Gasteiger partial charge is 0.465 e. The zero-order valence-corrected chi connectivity index (χ0v) is 11.8. The number of azide groups is 1. The minimum atomic E-state index is -0.755. The van der Waals surface area contributed by atoms with Crippen LogP contribution >= 0.6 is 0 Å². The molecule has 114 valence electrons. The molecular formula is C12H17N5O4. The van der Waals surface area contributed by atoms with E-state index >= 15 is 0 Å². The molecule has 1 saturated heterocycles. The minimum Gasteiger partial charge on any atom is -0.465 e. The van der Waals surface area contributed by atoms with Crippen molar-refractivity contribution in [2.75, 3.05) is 13.2 Å². The van der Waals surface area contributed by atoms with Crippen LogP contribution < -0.4 is 10.3 Å². The van der Waals surface area contributed by atoms with E-state index in [4.69, 9.17) is 15.0 Å². The molecule has 1 fully saturated rings. The second-order valence-electron chi connectivity index (χ2n) is 4.70. The van der Waals surface area contributed by atoms with Crippen LogP contribution in [0.4, 0.5) is 0 Å². The summed E-state index contributed by atoms with van der Waals surface area (Å²) >= 11 is 0. The summed E-state index contributed by atoms with van der Waals surface area (Å²) in [6.45, 7) is 3.83. The van der Waals surface area contributed by atoms with Gasteiger partial charge in [0.05, 0.1) is 25.4 Å². The first kappa shape index (κ1) is 15.3. The Hall–Kier alpha value is -2.09. The van der Waals surface area contributed by atoms with E-state index < -0.39 is 18.4 Å². The van der Waals surface area contributed by atoms with Crippen molar-refractivity contribution in [2.45, 2.75) is 38.7 Å². The fourth-order valence-electron chi connectivity index (χ4n) is 2.16. The van der Waals surface area contributed by atoms with Crippen LogP contribution in [-0.2, 0) is 4.74 Å². The van der Waals surface area contributed by atoms with E-state index in [9.17, 15) is 9.90 Å². The van der Waals surface area contributed by atoms with Crippen molar-refractivity contribution in [3.63, 3.8) is 0 Å². The summed E-state index contributed by atoms with van der Waals surface area (Å²) in [5.74, 6) is 0. The molecule has 1 aliphatic rings. The number of nitrogens with zero attached hydrogens (tertiary/aromatic N) is 5. The van der Waals surface area contributed by atoms with E-state index in [1.54, 1.807) is 24.6 Å². The standard InChI is InChI=1S/C12H17N5O4/c1-3-20-12-15-11(19)7(2)6-17(12)10-4-8(18)9(21-10)5-14-16-13/h6,8-10,18H,3-5H2,1-2H3/t8-,9+,10-/m0/s1. The number of hydrogen-bond donors (Lipinski definition) is 1. The number of aliphatic hydroxyl groups excluding tert-OH is 1. The molecule has 0 radical (unpaired) electrons. The van der Waals surface area contributed by atoms with Gasteiger partial charge in [0.25, 0.3) is 5.56 Å². The first-order valence-electron chi connectivity index (χ1n) is 6.63. The molecule has 2 heterocycles. The van der Waals surface area contributed by atoms with Gasteiger partial charge in [0, 0.05) is 23.1 Å². The van der Waals surface area contributed by atoms with Crippen molar-refractivity contribution >= 4 is 0 Å². The lowest BCUT2D eigenvalue weighted by atomic mass is 10.2. The van der Waals surface area contributed by atoms with Gasteiger partial charge in [-0.15, -0.1) is 0 Å². The molecule has 3 atom stereocenters. The fraction of sp³-hybridized carbons (Fsp3) is 0.667. The van der Waals surface area contributed by atoms with Crippen molar-refractivity contribution in [3.8, 4) is 6.01 Å². The highest BCUT2D eigenvalue weighted by Crippen LogP contribution is 2.31. The van der Waals surface area contributed by atoms with Gasteiger partial charge in [-0.25, -0.2) is 0 Å². The van der Waals surface area contributed by atoms with Crippen LogP contribution in [0.15, 0.2) is 16.1 Å². The zero-order valence-electron chi connectivity index (χ0n) is 11.8. The van der Waals surface area contributed by atoms with Crippen molar-refractivity contribution in [1.82, 2.24) is 9.55 Å². The van der Waals surface area contributed by atoms with E-state index in [0.29, 0.717) is 18.6 Å². The Morgan fingerprint density at radius 3 is 3.14 bits per heavy atom. The summed E-state index contributed by atoms with van der Waals surface area (Å²) in [5, 5.41) is 13.4. The molecule has 0 aromatic carbocycles. The Kier molecular flexibility index (Phi) is 4.79. The van der Waals surface area contributed by atoms with Gasteiger partial charge in [0.15, 0.2) is 0 Å². The van der Waals surface area contributed by atoms with Crippen LogP contribution in [0.5, 0.6) is 6.01 Å². The molecule has 21 heavy (non-hydrogen) atoms. The molecule has 0 saturated carbocycles. The summed E-state index contributed by atoms with van der Waals surface area (Å²) in [5.41, 5.74) is 8.42. The lowest BCUT2D eigenvalue weighted by Crippen LogP contribution is -2.24. The summed E-state index contributed by atoms with van der Waals surface area (Å²) in [6, 6.07) is 0.148. The summed E-state index contributed by atoms with van der Waals surface area (Å²) in [4.78, 5) is 18.1. The van der Waals surface area contributed by atoms with E-state index in [1.165, 1.54) is 0 Å². The molecule has 0 spiro atoms. The first-order valence-corrected chi connectivity index (χ1v) is 6.63. The van der Waals surface area contributed by atoms with E-state index in [2.05, 4.69) is 15.0 Å². The van der Waals surface area contributed by atoms with Crippen molar-refractivity contribution in [2.24, 2.45) is 5.11 Å². The Bertz CT molecular complexity index is 610. The van der Waals surface area contributed by atoms with E-state index in [-0.39, 0.29) is 18.1 Å². The maximum atomic E-state index is 11.6. The van der Waals surface area contributed by atoms with Gasteiger partial charge in [-0.1, -0.05) is 5.11 Å². The summed E-state index contributed by atoms with van der Waals surface area (Å²) in [7, 11) is 0. The lowest BCUT2D eigenvalue weighted by Gasteiger charge is -2.19. The van der Waals surface area contributed by atoms with Crippen LogP contribution in [0.3, 0.4) is 0 Å². The molecule has 1 aromatic heterocycles. The van der Waals surface area contributed by atoms with Gasteiger partial charge >= 0.3 is 6.01 Å². The monoisotopic (exact) mass is 295 g/mol. The number of rotatable bonds is 5. The van der Waals surface area contributed by atoms with Gasteiger partial charge in [-0.05, 0) is 19.4 Å². The zero-order chi connectivity index (χ0) is 15.4. The van der Waals surface area contributed by atoms with Gasteiger partial charge in [-0.2, -0.15) is 4.98 Å². The lowest BCUT2D eigenvalue weighted by molar-refractivity contribution is -0.0173. The van der Waals surface area contributed by atoms with Crippen LogP contribution in [0.1, 0.15) is 25.1 Å². The molecule has 1 N–H and O–H groups in total. The van der Waals surface area contributed by atoms with Crippen LogP contribution in [0.25, 0.3) is 10.4 Å². The van der Waals surface area contributed by atoms with Crippen LogP contribution in [-0.4, -0.2) is 40.0 Å². The molecule has 1 aromatic rings. The smallest absolute Gasteiger partial charge is 0.301 e. The third kappa shape index (κ3) is 3.33. The van der Waals surface area contributed by atoms with Crippen LogP contribution in [0, 0.1) is 6.92 Å². The Morgan fingerprint density at radius 2 is 2.48 bits per heavy atom. The normalized spacial score (nSPS) is 24.6. The van der Waals surface area contributed by atoms with E-state index in [0.717, 1.165) is 0 Å². The highest BCUT2D eigenvalue weighted by molar-refractivity contribution is 5.10. The fourth-order valence-corrected chi connectivity index (χ4v) is 2.16. The first-order chi connectivity index (χ1) is 10.1. The van der Waals surface area contributed by atoms with Gasteiger partial charge in [0.2, 0.25) is 0 Å². The Morgan fingerprint density at radius 1 is 1.71 bits per heavy atom. The van der Waals surface area contributed by atoms with Crippen LogP contribution in [0.2, 0.25) is 0 Å².